The van der Waals surface area contributed by atoms with Crippen LogP contribution in [0.4, 0.5) is 8.78 Å². The minimum Gasteiger partial charge on any atom is -0.482 e. The molecule has 0 radical (unpaired) electrons. The van der Waals surface area contributed by atoms with Crippen LogP contribution < -0.4 is 9.47 Å². The van der Waals surface area contributed by atoms with E-state index in [2.05, 4.69) is 20.1 Å². The molecule has 1 fully saturated rings. The van der Waals surface area contributed by atoms with E-state index in [1.54, 1.807) is 37.2 Å². The first-order valence-electron chi connectivity index (χ1n) is 10.1. The second-order valence-corrected chi connectivity index (χ2v) is 7.95. The summed E-state index contributed by atoms with van der Waals surface area (Å²) < 4.78 is 47.9. The van der Waals surface area contributed by atoms with Crippen molar-refractivity contribution in [2.75, 3.05) is 13.2 Å². The maximum atomic E-state index is 15.0. The molecule has 0 amide bonds. The Hall–Kier alpha value is -3.37. The monoisotopic (exact) mass is 473 g/mol. The molecule has 1 aliphatic rings. The number of ether oxygens (including phenoxy) is 3. The third-order valence-corrected chi connectivity index (χ3v) is 5.56. The van der Waals surface area contributed by atoms with E-state index in [-0.39, 0.29) is 11.7 Å². The highest BCUT2D eigenvalue weighted by molar-refractivity contribution is 6.31. The summed E-state index contributed by atoms with van der Waals surface area (Å²) in [5.41, 5.74) is 0.823. The second-order valence-electron chi connectivity index (χ2n) is 7.57. The summed E-state index contributed by atoms with van der Waals surface area (Å²) in [6.45, 7) is 2.62. The molecule has 0 saturated carbocycles. The molecule has 0 N–H and O–H groups in total. The van der Waals surface area contributed by atoms with Gasteiger partial charge in [-0.3, -0.25) is 4.68 Å². The van der Waals surface area contributed by atoms with Crippen LogP contribution in [-0.4, -0.2) is 44.1 Å². The molecule has 8 nitrogen and oxygen atoms in total. The van der Waals surface area contributed by atoms with Crippen LogP contribution in [0.15, 0.2) is 37.1 Å². The maximum Gasteiger partial charge on any atom is 0.191 e. The zero-order valence-electron chi connectivity index (χ0n) is 17.6. The van der Waals surface area contributed by atoms with Crippen molar-refractivity contribution in [3.8, 4) is 22.6 Å². The first-order valence-corrected chi connectivity index (χ1v) is 10.5. The molecule has 170 valence electrons. The van der Waals surface area contributed by atoms with Gasteiger partial charge in [0.1, 0.15) is 29.6 Å². The SMILES string of the molecule is C[C@H](Oc1c(OC2COC2)cc(-c2ccc(F)c(Cl)c2F)c2ncncc12)c1ncn(C)n1. The highest BCUT2D eigenvalue weighted by atomic mass is 35.5. The standard InChI is InChI=1S/C22H18ClF2N5O3/c1-11(22-28-10-30(2)29-22)32-21-15-6-26-9-27-20(15)14(5-17(21)33-12-7-31-8-12)13-3-4-16(24)18(23)19(13)25/h3-6,9-12H,7-8H2,1-2H3/t11-/m0/s1. The van der Waals surface area contributed by atoms with E-state index < -0.39 is 22.8 Å². The third-order valence-electron chi connectivity index (χ3n) is 5.21. The lowest BCUT2D eigenvalue weighted by Crippen LogP contribution is -2.38. The van der Waals surface area contributed by atoms with Crippen molar-refractivity contribution in [2.45, 2.75) is 19.1 Å². The molecule has 33 heavy (non-hydrogen) atoms. The van der Waals surface area contributed by atoms with Crippen LogP contribution in [-0.2, 0) is 11.8 Å². The van der Waals surface area contributed by atoms with Gasteiger partial charge in [-0.2, -0.15) is 5.10 Å². The third kappa shape index (κ3) is 3.96. The Labute approximate surface area is 192 Å². The van der Waals surface area contributed by atoms with Gasteiger partial charge in [0.2, 0.25) is 0 Å². The van der Waals surface area contributed by atoms with Crippen molar-refractivity contribution in [1.82, 2.24) is 24.7 Å². The van der Waals surface area contributed by atoms with Crippen LogP contribution in [0.3, 0.4) is 0 Å². The Morgan fingerprint density at radius 1 is 1.21 bits per heavy atom. The molecule has 2 aromatic heterocycles. The Kier molecular flexibility index (Phi) is 5.55. The second kappa shape index (κ2) is 8.53. The van der Waals surface area contributed by atoms with Gasteiger partial charge in [0.25, 0.3) is 0 Å². The number of halogens is 3. The summed E-state index contributed by atoms with van der Waals surface area (Å²) in [6, 6.07) is 4.02. The molecular weight excluding hydrogens is 456 g/mol. The average molecular weight is 474 g/mol. The minimum absolute atomic E-state index is 0.0748. The van der Waals surface area contributed by atoms with Gasteiger partial charge in [-0.25, -0.2) is 23.7 Å². The topological polar surface area (TPSA) is 84.2 Å². The molecule has 4 aromatic rings. The van der Waals surface area contributed by atoms with E-state index in [0.717, 1.165) is 6.07 Å². The first kappa shape index (κ1) is 21.5. The molecule has 1 aliphatic heterocycles. The predicted octanol–water partition coefficient (Wildman–Crippen LogP) is 4.27. The van der Waals surface area contributed by atoms with E-state index >= 15 is 0 Å². The molecule has 0 spiro atoms. The van der Waals surface area contributed by atoms with E-state index in [4.69, 9.17) is 25.8 Å². The zero-order valence-corrected chi connectivity index (χ0v) is 18.4. The number of aromatic nitrogens is 5. The van der Waals surface area contributed by atoms with Crippen molar-refractivity contribution in [3.05, 3.63) is 59.5 Å². The highest BCUT2D eigenvalue weighted by Crippen LogP contribution is 2.44. The zero-order chi connectivity index (χ0) is 23.1. The van der Waals surface area contributed by atoms with Crippen molar-refractivity contribution < 1.29 is 23.0 Å². The van der Waals surface area contributed by atoms with Crippen LogP contribution in [0.2, 0.25) is 5.02 Å². The summed E-state index contributed by atoms with van der Waals surface area (Å²) in [6.07, 6.45) is 3.73. The molecule has 2 aromatic carbocycles. The fourth-order valence-electron chi connectivity index (χ4n) is 3.49. The summed E-state index contributed by atoms with van der Waals surface area (Å²) in [5, 5.41) is 4.17. The van der Waals surface area contributed by atoms with E-state index in [9.17, 15) is 8.78 Å². The number of aryl methyl sites for hydroxylation is 1. The fourth-order valence-corrected chi connectivity index (χ4v) is 3.65. The van der Waals surface area contributed by atoms with Crippen LogP contribution >= 0.6 is 11.6 Å². The highest BCUT2D eigenvalue weighted by Gasteiger charge is 2.27. The summed E-state index contributed by atoms with van der Waals surface area (Å²) in [4.78, 5) is 12.7. The molecule has 0 unspecified atom stereocenters. The molecule has 0 bridgehead atoms. The summed E-state index contributed by atoms with van der Waals surface area (Å²) in [7, 11) is 1.76. The van der Waals surface area contributed by atoms with Crippen LogP contribution in [0.25, 0.3) is 22.0 Å². The maximum absolute atomic E-state index is 15.0. The Morgan fingerprint density at radius 3 is 2.73 bits per heavy atom. The lowest BCUT2D eigenvalue weighted by Gasteiger charge is -2.28. The van der Waals surface area contributed by atoms with E-state index in [1.807, 2.05) is 0 Å². The number of hydrogen-bond acceptors (Lipinski definition) is 7. The Bertz CT molecular complexity index is 1350. The lowest BCUT2D eigenvalue weighted by molar-refractivity contribution is -0.0806. The lowest BCUT2D eigenvalue weighted by atomic mass is 10.0. The molecule has 1 saturated heterocycles. The van der Waals surface area contributed by atoms with E-state index in [0.29, 0.717) is 47.0 Å². The van der Waals surface area contributed by atoms with Gasteiger partial charge in [-0.1, -0.05) is 11.6 Å². The molecule has 11 heteroatoms. The number of hydrogen-bond donors (Lipinski definition) is 0. The predicted molar refractivity (Wildman–Crippen MR) is 115 cm³/mol. The van der Waals surface area contributed by atoms with Crippen LogP contribution in [0, 0.1) is 11.6 Å². The Morgan fingerprint density at radius 2 is 2.03 bits per heavy atom. The normalized spacial score (nSPS) is 14.8. The van der Waals surface area contributed by atoms with Crippen LogP contribution in [0.5, 0.6) is 11.5 Å². The van der Waals surface area contributed by atoms with Crippen molar-refractivity contribution >= 4 is 22.5 Å². The number of rotatable bonds is 6. The molecule has 3 heterocycles. The Balaban J connectivity index is 1.69. The molecule has 1 atom stereocenters. The van der Waals surface area contributed by atoms with E-state index in [1.165, 1.54) is 12.4 Å². The van der Waals surface area contributed by atoms with Gasteiger partial charge in [0.05, 0.1) is 24.1 Å². The number of fused-ring (bicyclic) bond motifs is 1. The average Bonchev–Trinajstić information content (AvgIpc) is 3.22. The molecule has 0 aliphatic carbocycles. The number of benzene rings is 2. The first-order chi connectivity index (χ1) is 15.9. The van der Waals surface area contributed by atoms with Gasteiger partial charge in [0.15, 0.2) is 29.2 Å². The summed E-state index contributed by atoms with van der Waals surface area (Å²) >= 11 is 5.84. The molecular formula is C22H18ClF2N5O3. The van der Waals surface area contributed by atoms with Gasteiger partial charge in [-0.05, 0) is 25.1 Å². The van der Waals surface area contributed by atoms with Crippen molar-refractivity contribution in [2.24, 2.45) is 7.05 Å². The minimum atomic E-state index is -0.894. The quantitative estimate of drug-likeness (QED) is 0.386. The largest absolute Gasteiger partial charge is 0.482 e. The van der Waals surface area contributed by atoms with Gasteiger partial charge < -0.3 is 14.2 Å². The number of nitrogens with zero attached hydrogens (tertiary/aromatic N) is 5. The van der Waals surface area contributed by atoms with Gasteiger partial charge in [-0.15, -0.1) is 0 Å². The fraction of sp³-hybridized carbons (Fsp3) is 0.273. The summed E-state index contributed by atoms with van der Waals surface area (Å²) in [5.74, 6) is -0.579. The smallest absolute Gasteiger partial charge is 0.191 e. The van der Waals surface area contributed by atoms with Crippen molar-refractivity contribution in [3.63, 3.8) is 0 Å². The van der Waals surface area contributed by atoms with Gasteiger partial charge >= 0.3 is 0 Å². The molecule has 5 rings (SSSR count). The van der Waals surface area contributed by atoms with Crippen LogP contribution in [0.1, 0.15) is 18.9 Å². The van der Waals surface area contributed by atoms with Gasteiger partial charge in [0, 0.05) is 24.4 Å². The van der Waals surface area contributed by atoms with Crippen molar-refractivity contribution in [1.29, 1.82) is 0 Å².